The standard InChI is InChI=1S/C13H19N2O7P/c1-7(2)8-5-15(13(17)14-12(8)16)11-4-9-10(21-11)6-20-23(18,19-3)22-9/h5,7,9-11H,4,6H2,1-3H3,(H,14,16,17)/t9-,10+,11+,23+/m0/s1. The number of hydrogen-bond acceptors (Lipinski definition) is 7. The number of rotatable bonds is 3. The first kappa shape index (κ1) is 16.6. The number of hydrogen-bond donors (Lipinski definition) is 1. The highest BCUT2D eigenvalue weighted by atomic mass is 31.2. The molecular weight excluding hydrogens is 327 g/mol. The van der Waals surface area contributed by atoms with Gasteiger partial charge in [-0.3, -0.25) is 27.9 Å². The minimum absolute atomic E-state index is 0.0393. The number of ether oxygens (including phenoxy) is 1. The molecule has 1 aromatic rings. The van der Waals surface area contributed by atoms with Gasteiger partial charge in [-0.15, -0.1) is 0 Å². The molecule has 3 rings (SSSR count). The minimum Gasteiger partial charge on any atom is -0.349 e. The average molecular weight is 346 g/mol. The lowest BCUT2D eigenvalue weighted by atomic mass is 10.1. The second-order valence-electron chi connectivity index (χ2n) is 5.84. The van der Waals surface area contributed by atoms with Crippen LogP contribution >= 0.6 is 7.82 Å². The fourth-order valence-corrected chi connectivity index (χ4v) is 3.85. The van der Waals surface area contributed by atoms with Gasteiger partial charge in [0.25, 0.3) is 5.56 Å². The first-order valence-corrected chi connectivity index (χ1v) is 8.78. The lowest BCUT2D eigenvalue weighted by molar-refractivity contribution is -0.0702. The number of aromatic amines is 1. The van der Waals surface area contributed by atoms with E-state index in [1.165, 1.54) is 17.9 Å². The zero-order valence-electron chi connectivity index (χ0n) is 13.1. The van der Waals surface area contributed by atoms with Crippen molar-refractivity contribution in [3.05, 3.63) is 32.6 Å². The highest BCUT2D eigenvalue weighted by Crippen LogP contribution is 2.55. The third-order valence-electron chi connectivity index (χ3n) is 3.99. The van der Waals surface area contributed by atoms with Crippen molar-refractivity contribution in [1.82, 2.24) is 9.55 Å². The van der Waals surface area contributed by atoms with E-state index in [4.69, 9.17) is 18.3 Å². The van der Waals surface area contributed by atoms with Crippen molar-refractivity contribution >= 4 is 7.82 Å². The van der Waals surface area contributed by atoms with Crippen LogP contribution < -0.4 is 11.2 Å². The van der Waals surface area contributed by atoms with Crippen molar-refractivity contribution in [3.63, 3.8) is 0 Å². The molecular formula is C13H19N2O7P. The molecule has 0 radical (unpaired) electrons. The topological polar surface area (TPSA) is 109 Å². The van der Waals surface area contributed by atoms with Crippen LogP contribution in [0, 0.1) is 0 Å². The van der Waals surface area contributed by atoms with Gasteiger partial charge in [0.15, 0.2) is 0 Å². The van der Waals surface area contributed by atoms with Crippen LogP contribution in [0.25, 0.3) is 0 Å². The first-order chi connectivity index (χ1) is 10.8. The molecule has 0 saturated carbocycles. The van der Waals surface area contributed by atoms with Crippen molar-refractivity contribution in [2.24, 2.45) is 0 Å². The van der Waals surface area contributed by atoms with Crippen molar-refractivity contribution in [3.8, 4) is 0 Å². The Morgan fingerprint density at radius 2 is 2.13 bits per heavy atom. The molecule has 3 heterocycles. The first-order valence-electron chi connectivity index (χ1n) is 7.32. The molecule has 0 spiro atoms. The quantitative estimate of drug-likeness (QED) is 0.817. The predicted octanol–water partition coefficient (Wildman–Crippen LogP) is 1.12. The summed E-state index contributed by atoms with van der Waals surface area (Å²) in [6.07, 6.45) is 0.244. The molecule has 10 heteroatoms. The van der Waals surface area contributed by atoms with Crippen LogP contribution in [0.15, 0.2) is 15.8 Å². The fourth-order valence-electron chi connectivity index (χ4n) is 2.71. The highest BCUT2D eigenvalue weighted by molar-refractivity contribution is 7.48. The fraction of sp³-hybridized carbons (Fsp3) is 0.692. The molecule has 23 heavy (non-hydrogen) atoms. The Hall–Kier alpha value is -1.25. The molecule has 0 aromatic carbocycles. The Bertz CT molecular complexity index is 755. The van der Waals surface area contributed by atoms with Gasteiger partial charge in [0.05, 0.1) is 6.61 Å². The monoisotopic (exact) mass is 346 g/mol. The van der Waals surface area contributed by atoms with E-state index in [-0.39, 0.29) is 12.5 Å². The van der Waals surface area contributed by atoms with Crippen molar-refractivity contribution in [2.75, 3.05) is 13.7 Å². The highest BCUT2D eigenvalue weighted by Gasteiger charge is 2.47. The molecule has 2 aliphatic rings. The normalized spacial score (nSPS) is 33.8. The number of phosphoric acid groups is 1. The predicted molar refractivity (Wildman–Crippen MR) is 79.4 cm³/mol. The van der Waals surface area contributed by atoms with E-state index in [0.717, 1.165) is 0 Å². The van der Waals surface area contributed by atoms with Crippen LogP contribution in [-0.2, 0) is 22.9 Å². The lowest BCUT2D eigenvalue weighted by Gasteiger charge is -2.28. The van der Waals surface area contributed by atoms with E-state index >= 15 is 0 Å². The number of nitrogens with zero attached hydrogens (tertiary/aromatic N) is 1. The van der Waals surface area contributed by atoms with Crippen molar-refractivity contribution in [1.29, 1.82) is 0 Å². The maximum atomic E-state index is 12.1. The molecule has 0 amide bonds. The smallest absolute Gasteiger partial charge is 0.349 e. The van der Waals surface area contributed by atoms with Gasteiger partial charge in [-0.1, -0.05) is 13.8 Å². The summed E-state index contributed by atoms with van der Waals surface area (Å²) in [6.45, 7) is 3.78. The third kappa shape index (κ3) is 3.07. The largest absolute Gasteiger partial charge is 0.474 e. The van der Waals surface area contributed by atoms with Gasteiger partial charge < -0.3 is 4.74 Å². The molecule has 2 fully saturated rings. The van der Waals surface area contributed by atoms with Crippen LogP contribution in [0.4, 0.5) is 0 Å². The van der Waals surface area contributed by atoms with E-state index in [1.54, 1.807) is 0 Å². The number of aromatic nitrogens is 2. The Kier molecular flexibility index (Phi) is 4.33. The SMILES string of the molecule is CO[P@]1(=O)OC[C@H]2O[C@@H](n3cc(C(C)C)c(=O)[nH]c3=O)C[C@@H]2O1. The van der Waals surface area contributed by atoms with Gasteiger partial charge in [-0.2, -0.15) is 0 Å². The van der Waals surface area contributed by atoms with Gasteiger partial charge in [-0.25, -0.2) is 9.36 Å². The van der Waals surface area contributed by atoms with Crippen molar-refractivity contribution < 1.29 is 22.9 Å². The van der Waals surface area contributed by atoms with Gasteiger partial charge in [-0.05, 0) is 5.92 Å². The lowest BCUT2D eigenvalue weighted by Crippen LogP contribution is -2.34. The van der Waals surface area contributed by atoms with Crippen LogP contribution in [-0.4, -0.2) is 35.5 Å². The molecule has 2 aliphatic heterocycles. The van der Waals surface area contributed by atoms with Crippen LogP contribution in [0.1, 0.15) is 38.0 Å². The Morgan fingerprint density at radius 3 is 2.78 bits per heavy atom. The number of phosphoric ester groups is 1. The van der Waals surface area contributed by atoms with Gasteiger partial charge in [0.2, 0.25) is 0 Å². The van der Waals surface area contributed by atoms with E-state index in [2.05, 4.69) is 4.98 Å². The Balaban J connectivity index is 1.88. The summed E-state index contributed by atoms with van der Waals surface area (Å²) < 4.78 is 34.3. The second-order valence-corrected chi connectivity index (χ2v) is 7.57. The van der Waals surface area contributed by atoms with E-state index in [0.29, 0.717) is 12.0 Å². The van der Waals surface area contributed by atoms with Gasteiger partial charge >= 0.3 is 13.5 Å². The molecule has 1 N–H and O–H groups in total. The molecule has 0 unspecified atom stereocenters. The van der Waals surface area contributed by atoms with Crippen LogP contribution in [0.5, 0.6) is 0 Å². The number of fused-ring (bicyclic) bond motifs is 1. The summed E-state index contributed by atoms with van der Waals surface area (Å²) >= 11 is 0. The molecule has 128 valence electrons. The third-order valence-corrected chi connectivity index (χ3v) is 5.43. The molecule has 4 atom stereocenters. The Labute approximate surface area is 132 Å². The zero-order chi connectivity index (χ0) is 16.8. The number of H-pyrrole nitrogens is 1. The van der Waals surface area contributed by atoms with Crippen molar-refractivity contribution in [2.45, 2.75) is 44.6 Å². The second kappa shape index (κ2) is 5.99. The summed E-state index contributed by atoms with van der Waals surface area (Å²) in [4.78, 5) is 26.2. The van der Waals surface area contributed by atoms with Crippen LogP contribution in [0.3, 0.4) is 0 Å². The zero-order valence-corrected chi connectivity index (χ0v) is 13.9. The maximum Gasteiger partial charge on any atom is 0.474 e. The molecule has 0 bridgehead atoms. The molecule has 9 nitrogen and oxygen atoms in total. The summed E-state index contributed by atoms with van der Waals surface area (Å²) in [5, 5.41) is 0. The minimum atomic E-state index is -3.55. The molecule has 0 aliphatic carbocycles. The summed E-state index contributed by atoms with van der Waals surface area (Å²) in [5.41, 5.74) is -0.471. The van der Waals surface area contributed by atoms with Gasteiger partial charge in [0, 0.05) is 25.3 Å². The van der Waals surface area contributed by atoms with Gasteiger partial charge in [0.1, 0.15) is 18.4 Å². The summed E-state index contributed by atoms with van der Waals surface area (Å²) in [6, 6.07) is 0. The molecule has 1 aromatic heterocycles. The van der Waals surface area contributed by atoms with E-state index in [9.17, 15) is 14.2 Å². The summed E-state index contributed by atoms with van der Waals surface area (Å²) in [5.74, 6) is -0.0393. The summed E-state index contributed by atoms with van der Waals surface area (Å²) in [7, 11) is -2.31. The Morgan fingerprint density at radius 1 is 1.39 bits per heavy atom. The van der Waals surface area contributed by atoms with E-state index in [1.807, 2.05) is 13.8 Å². The van der Waals surface area contributed by atoms with Crippen LogP contribution in [0.2, 0.25) is 0 Å². The number of nitrogens with one attached hydrogen (secondary N) is 1. The maximum absolute atomic E-state index is 12.1. The average Bonchev–Trinajstić information content (AvgIpc) is 2.89. The van der Waals surface area contributed by atoms with E-state index < -0.39 is 37.5 Å². The molecule has 2 saturated heterocycles.